The van der Waals surface area contributed by atoms with E-state index in [-0.39, 0.29) is 23.4 Å². The number of carbonyl (C=O) groups excluding carboxylic acids is 2. The Balaban J connectivity index is 1.92. The van der Waals surface area contributed by atoms with Crippen LogP contribution in [0.4, 0.5) is 5.69 Å². The van der Waals surface area contributed by atoms with Gasteiger partial charge in [-0.1, -0.05) is 55.8 Å². The van der Waals surface area contributed by atoms with Crippen molar-refractivity contribution in [3.63, 3.8) is 0 Å². The highest BCUT2D eigenvalue weighted by Crippen LogP contribution is 2.35. The second kappa shape index (κ2) is 9.26. The first-order chi connectivity index (χ1) is 15.5. The molecule has 0 aromatic heterocycles. The molecule has 7 nitrogen and oxygen atoms in total. The van der Waals surface area contributed by atoms with Gasteiger partial charge in [-0.2, -0.15) is 0 Å². The van der Waals surface area contributed by atoms with Crippen molar-refractivity contribution in [1.29, 1.82) is 0 Å². The normalized spacial score (nSPS) is 16.8. The summed E-state index contributed by atoms with van der Waals surface area (Å²) in [6.07, 6.45) is 1.40. The van der Waals surface area contributed by atoms with E-state index in [4.69, 9.17) is 4.74 Å². The molecule has 0 N–H and O–H groups in total. The zero-order chi connectivity index (χ0) is 22.7. The Morgan fingerprint density at radius 3 is 2.12 bits per heavy atom. The highest BCUT2D eigenvalue weighted by atomic mass is 32.2. The second-order valence-corrected chi connectivity index (χ2v) is 9.55. The van der Waals surface area contributed by atoms with Crippen molar-refractivity contribution < 1.29 is 22.7 Å². The van der Waals surface area contributed by atoms with E-state index in [2.05, 4.69) is 0 Å². The van der Waals surface area contributed by atoms with Crippen LogP contribution < -0.4 is 4.31 Å². The van der Waals surface area contributed by atoms with E-state index in [1.54, 1.807) is 53.4 Å². The summed E-state index contributed by atoms with van der Waals surface area (Å²) in [5.41, 5.74) is 0.776. The average molecular weight is 455 g/mol. The number of morpholine rings is 1. The van der Waals surface area contributed by atoms with Crippen LogP contribution in [0.1, 0.15) is 40.5 Å². The van der Waals surface area contributed by atoms with E-state index < -0.39 is 26.5 Å². The van der Waals surface area contributed by atoms with Gasteiger partial charge in [0.2, 0.25) is 11.6 Å². The maximum Gasteiger partial charge on any atom is 0.270 e. The number of para-hydroxylation sites is 1. The van der Waals surface area contributed by atoms with E-state index in [0.29, 0.717) is 38.4 Å². The minimum absolute atomic E-state index is 0.0468. The van der Waals surface area contributed by atoms with Crippen LogP contribution in [0, 0.1) is 0 Å². The number of hydrogen-bond donors (Lipinski definition) is 0. The molecule has 4 rings (SSSR count). The third-order valence-corrected chi connectivity index (χ3v) is 7.56. The lowest BCUT2D eigenvalue weighted by atomic mass is 9.91. The number of anilines is 1. The zero-order valence-corrected chi connectivity index (χ0v) is 18.8. The number of Topliss-reactive ketones (excluding diaryl/α,β-unsaturated/α-hetero) is 2. The number of rotatable bonds is 7. The molecule has 0 spiro atoms. The average Bonchev–Trinajstić information content (AvgIpc) is 2.82. The van der Waals surface area contributed by atoms with Gasteiger partial charge in [-0.3, -0.25) is 13.9 Å². The van der Waals surface area contributed by atoms with Crippen molar-refractivity contribution in [2.75, 3.05) is 37.2 Å². The van der Waals surface area contributed by atoms with Crippen molar-refractivity contribution in [2.45, 2.75) is 19.8 Å². The van der Waals surface area contributed by atoms with Crippen molar-refractivity contribution >= 4 is 27.3 Å². The molecule has 1 heterocycles. The van der Waals surface area contributed by atoms with Gasteiger partial charge < -0.3 is 9.64 Å². The predicted molar refractivity (Wildman–Crippen MR) is 122 cm³/mol. The smallest absolute Gasteiger partial charge is 0.270 e. The maximum absolute atomic E-state index is 14.0. The molecule has 0 radical (unpaired) electrons. The number of carbonyl (C=O) groups is 2. The number of fused-ring (bicyclic) bond motifs is 1. The fourth-order valence-electron chi connectivity index (χ4n) is 4.05. The molecule has 8 heteroatoms. The fraction of sp³-hybridized carbons (Fsp3) is 0.333. The molecule has 0 saturated carbocycles. The molecule has 0 unspecified atom stereocenters. The van der Waals surface area contributed by atoms with Gasteiger partial charge in [-0.25, -0.2) is 8.42 Å². The fourth-order valence-corrected chi connectivity index (χ4v) is 5.85. The van der Waals surface area contributed by atoms with Crippen molar-refractivity contribution in [3.8, 4) is 0 Å². The van der Waals surface area contributed by atoms with Crippen molar-refractivity contribution in [3.05, 3.63) is 76.3 Å². The van der Waals surface area contributed by atoms with Crippen LogP contribution in [0.5, 0.6) is 0 Å². The SMILES string of the molecule is CCCCN(c1ccccc1)S(=O)(=O)C1=C(N2CCOCC2)C(=O)c2ccccc2C1=O. The van der Waals surface area contributed by atoms with Crippen LogP contribution in [0.3, 0.4) is 0 Å². The highest BCUT2D eigenvalue weighted by molar-refractivity contribution is 7.97. The Kier molecular flexibility index (Phi) is 6.43. The predicted octanol–water partition coefficient (Wildman–Crippen LogP) is 3.25. The van der Waals surface area contributed by atoms with Gasteiger partial charge in [0.05, 0.1) is 18.9 Å². The van der Waals surface area contributed by atoms with Gasteiger partial charge in [0.1, 0.15) is 5.70 Å². The third kappa shape index (κ3) is 3.96. The number of sulfonamides is 1. The molecule has 2 aliphatic rings. The molecular formula is C24H26N2O5S. The Bertz CT molecular complexity index is 1150. The van der Waals surface area contributed by atoms with Crippen LogP contribution in [-0.4, -0.2) is 57.7 Å². The molecule has 2 aromatic carbocycles. The number of ketones is 2. The number of hydrogen-bond acceptors (Lipinski definition) is 6. The number of ether oxygens (including phenoxy) is 1. The van der Waals surface area contributed by atoms with E-state index in [0.717, 1.165) is 6.42 Å². The van der Waals surface area contributed by atoms with Gasteiger partial charge in [-0.05, 0) is 18.6 Å². The first-order valence-corrected chi connectivity index (χ1v) is 12.2. The van der Waals surface area contributed by atoms with Gasteiger partial charge in [0.25, 0.3) is 10.0 Å². The molecule has 32 heavy (non-hydrogen) atoms. The topological polar surface area (TPSA) is 84.0 Å². The molecule has 2 aromatic rings. The number of benzene rings is 2. The Hall–Kier alpha value is -2.97. The maximum atomic E-state index is 14.0. The first-order valence-electron chi connectivity index (χ1n) is 10.8. The van der Waals surface area contributed by atoms with Gasteiger partial charge in [0, 0.05) is 30.8 Å². The van der Waals surface area contributed by atoms with Gasteiger partial charge in [0.15, 0.2) is 4.91 Å². The second-order valence-electron chi connectivity index (χ2n) is 7.75. The first kappa shape index (κ1) is 22.2. The summed E-state index contributed by atoms with van der Waals surface area (Å²) < 4.78 is 34.7. The summed E-state index contributed by atoms with van der Waals surface area (Å²) in [6.45, 7) is 3.59. The Morgan fingerprint density at radius 2 is 1.50 bits per heavy atom. The number of allylic oxidation sites excluding steroid dienone is 2. The van der Waals surface area contributed by atoms with Crippen LogP contribution in [-0.2, 0) is 14.8 Å². The summed E-state index contributed by atoms with van der Waals surface area (Å²) in [7, 11) is -4.31. The van der Waals surface area contributed by atoms with Crippen LogP contribution in [0.25, 0.3) is 0 Å². The molecule has 1 fully saturated rings. The van der Waals surface area contributed by atoms with Crippen molar-refractivity contribution in [1.82, 2.24) is 4.90 Å². The standard InChI is InChI=1S/C24H26N2O5S/c1-2-3-13-26(18-9-5-4-6-10-18)32(29,30)24-21(25-14-16-31-17-15-25)22(27)19-11-7-8-12-20(19)23(24)28/h4-12H,2-3,13-17H2,1H3. The summed E-state index contributed by atoms with van der Waals surface area (Å²) in [4.78, 5) is 28.3. The van der Waals surface area contributed by atoms with E-state index >= 15 is 0 Å². The van der Waals surface area contributed by atoms with Gasteiger partial charge >= 0.3 is 0 Å². The summed E-state index contributed by atoms with van der Waals surface area (Å²) in [5.74, 6) is -1.08. The van der Waals surface area contributed by atoms with Crippen LogP contribution in [0.2, 0.25) is 0 Å². The molecular weight excluding hydrogens is 428 g/mol. The number of nitrogens with zero attached hydrogens (tertiary/aromatic N) is 2. The van der Waals surface area contributed by atoms with Crippen molar-refractivity contribution in [2.24, 2.45) is 0 Å². The third-order valence-electron chi connectivity index (χ3n) is 5.69. The highest BCUT2D eigenvalue weighted by Gasteiger charge is 2.44. The Labute approximate surface area is 188 Å². The molecule has 1 saturated heterocycles. The summed E-state index contributed by atoms with van der Waals surface area (Å²) in [5, 5.41) is 0. The minimum Gasteiger partial charge on any atom is -0.378 e. The van der Waals surface area contributed by atoms with Gasteiger partial charge in [-0.15, -0.1) is 0 Å². The van der Waals surface area contributed by atoms with E-state index in [1.165, 1.54) is 10.4 Å². The number of unbranched alkanes of at least 4 members (excludes halogenated alkanes) is 1. The lowest BCUT2D eigenvalue weighted by Gasteiger charge is -2.35. The Morgan fingerprint density at radius 1 is 0.906 bits per heavy atom. The summed E-state index contributed by atoms with van der Waals surface area (Å²) >= 11 is 0. The lowest BCUT2D eigenvalue weighted by Crippen LogP contribution is -2.45. The largest absolute Gasteiger partial charge is 0.378 e. The molecule has 0 bridgehead atoms. The summed E-state index contributed by atoms with van der Waals surface area (Å²) in [6, 6.07) is 15.1. The van der Waals surface area contributed by atoms with E-state index in [9.17, 15) is 18.0 Å². The molecule has 168 valence electrons. The lowest BCUT2D eigenvalue weighted by molar-refractivity contribution is 0.0499. The molecule has 0 atom stereocenters. The molecule has 1 aliphatic heterocycles. The minimum atomic E-state index is -4.31. The zero-order valence-electron chi connectivity index (χ0n) is 18.0. The molecule has 1 aliphatic carbocycles. The van der Waals surface area contributed by atoms with E-state index in [1.807, 2.05) is 6.92 Å². The quantitative estimate of drug-likeness (QED) is 0.639. The molecule has 0 amide bonds. The van der Waals surface area contributed by atoms with Crippen LogP contribution in [0.15, 0.2) is 65.2 Å². The van der Waals surface area contributed by atoms with Crippen LogP contribution >= 0.6 is 0 Å². The monoisotopic (exact) mass is 454 g/mol.